The maximum atomic E-state index is 13.6. The van der Waals surface area contributed by atoms with Crippen LogP contribution in [-0.4, -0.2) is 11.3 Å². The minimum Gasteiger partial charge on any atom is -0.398 e. The third-order valence-corrected chi connectivity index (χ3v) is 3.68. The first-order chi connectivity index (χ1) is 10.1. The number of aliphatic hydroxyl groups is 1. The van der Waals surface area contributed by atoms with Crippen molar-refractivity contribution in [3.8, 4) is 0 Å². The standard InChI is InChI=1S/C16H15F4NO/c1-9-7-12(8-10(2)14(9)21)15(22,16(18,19)20)11-3-5-13(17)6-4-11/h3-8,22H,21H2,1-2H3. The third kappa shape index (κ3) is 2.54. The number of halogens is 4. The molecule has 0 spiro atoms. The largest absolute Gasteiger partial charge is 0.425 e. The smallest absolute Gasteiger partial charge is 0.398 e. The predicted molar refractivity (Wildman–Crippen MR) is 75.8 cm³/mol. The van der Waals surface area contributed by atoms with Crippen molar-refractivity contribution in [3.63, 3.8) is 0 Å². The van der Waals surface area contributed by atoms with E-state index >= 15 is 0 Å². The van der Waals surface area contributed by atoms with Crippen LogP contribution >= 0.6 is 0 Å². The summed E-state index contributed by atoms with van der Waals surface area (Å²) in [5, 5.41) is 10.4. The quantitative estimate of drug-likeness (QED) is 0.654. The molecule has 0 saturated carbocycles. The van der Waals surface area contributed by atoms with Crippen molar-refractivity contribution in [2.75, 3.05) is 5.73 Å². The highest BCUT2D eigenvalue weighted by Crippen LogP contribution is 2.45. The fraction of sp³-hybridized carbons (Fsp3) is 0.250. The van der Waals surface area contributed by atoms with Gasteiger partial charge in [0.05, 0.1) is 0 Å². The van der Waals surface area contributed by atoms with Crippen LogP contribution in [0.15, 0.2) is 36.4 Å². The van der Waals surface area contributed by atoms with Gasteiger partial charge in [-0.15, -0.1) is 0 Å². The summed E-state index contributed by atoms with van der Waals surface area (Å²) < 4.78 is 53.7. The van der Waals surface area contributed by atoms with Crippen LogP contribution in [0.5, 0.6) is 0 Å². The van der Waals surface area contributed by atoms with Crippen molar-refractivity contribution < 1.29 is 22.7 Å². The number of hydrogen-bond donors (Lipinski definition) is 2. The first-order valence-corrected chi connectivity index (χ1v) is 6.49. The van der Waals surface area contributed by atoms with Crippen molar-refractivity contribution in [3.05, 3.63) is 64.5 Å². The summed E-state index contributed by atoms with van der Waals surface area (Å²) in [6, 6.07) is 5.98. The average molecular weight is 313 g/mol. The molecular weight excluding hydrogens is 298 g/mol. The van der Waals surface area contributed by atoms with E-state index in [-0.39, 0.29) is 5.56 Å². The van der Waals surface area contributed by atoms with Gasteiger partial charge in [-0.2, -0.15) is 13.2 Å². The molecule has 0 aliphatic rings. The van der Waals surface area contributed by atoms with Crippen molar-refractivity contribution in [2.45, 2.75) is 25.6 Å². The van der Waals surface area contributed by atoms with Gasteiger partial charge in [0.15, 0.2) is 0 Å². The van der Waals surface area contributed by atoms with Gasteiger partial charge < -0.3 is 10.8 Å². The number of rotatable bonds is 2. The van der Waals surface area contributed by atoms with Crippen LogP contribution in [0.4, 0.5) is 23.2 Å². The van der Waals surface area contributed by atoms with Crippen LogP contribution < -0.4 is 5.73 Å². The van der Waals surface area contributed by atoms with E-state index in [0.717, 1.165) is 24.3 Å². The Bertz CT molecular complexity index is 671. The molecule has 0 heterocycles. The van der Waals surface area contributed by atoms with Gasteiger partial charge in [-0.05, 0) is 48.2 Å². The first-order valence-electron chi connectivity index (χ1n) is 6.49. The van der Waals surface area contributed by atoms with Crippen LogP contribution in [0.1, 0.15) is 22.3 Å². The van der Waals surface area contributed by atoms with Crippen molar-refractivity contribution in [1.29, 1.82) is 0 Å². The Labute approximate surface area is 125 Å². The zero-order valence-corrected chi connectivity index (χ0v) is 12.0. The number of benzene rings is 2. The van der Waals surface area contributed by atoms with Gasteiger partial charge in [0.2, 0.25) is 5.60 Å². The van der Waals surface area contributed by atoms with E-state index in [9.17, 15) is 22.7 Å². The van der Waals surface area contributed by atoms with Crippen LogP contribution in [0.25, 0.3) is 0 Å². The van der Waals surface area contributed by atoms with E-state index in [2.05, 4.69) is 0 Å². The van der Waals surface area contributed by atoms with Crippen molar-refractivity contribution in [1.82, 2.24) is 0 Å². The SMILES string of the molecule is Cc1cc(C(O)(c2ccc(F)cc2)C(F)(F)F)cc(C)c1N. The van der Waals surface area contributed by atoms with Gasteiger partial charge in [-0.1, -0.05) is 24.3 Å². The molecule has 0 radical (unpaired) electrons. The number of hydrogen-bond acceptors (Lipinski definition) is 2. The number of anilines is 1. The van der Waals surface area contributed by atoms with E-state index in [1.54, 1.807) is 13.8 Å². The summed E-state index contributed by atoms with van der Waals surface area (Å²) in [5.74, 6) is -0.682. The summed E-state index contributed by atoms with van der Waals surface area (Å²) in [7, 11) is 0. The lowest BCUT2D eigenvalue weighted by molar-refractivity contribution is -0.248. The Morgan fingerprint density at radius 1 is 0.909 bits per heavy atom. The second-order valence-corrected chi connectivity index (χ2v) is 5.24. The Balaban J connectivity index is 2.73. The second-order valence-electron chi connectivity index (χ2n) is 5.24. The molecule has 0 amide bonds. The first kappa shape index (κ1) is 16.3. The van der Waals surface area contributed by atoms with E-state index in [4.69, 9.17) is 5.73 Å². The van der Waals surface area contributed by atoms with Crippen LogP contribution in [0.2, 0.25) is 0 Å². The summed E-state index contributed by atoms with van der Waals surface area (Å²) in [5.41, 5.74) is 2.94. The van der Waals surface area contributed by atoms with Gasteiger partial charge >= 0.3 is 6.18 Å². The highest BCUT2D eigenvalue weighted by Gasteiger charge is 2.56. The molecule has 1 unspecified atom stereocenters. The third-order valence-electron chi connectivity index (χ3n) is 3.68. The van der Waals surface area contributed by atoms with Crippen LogP contribution in [-0.2, 0) is 5.60 Å². The fourth-order valence-electron chi connectivity index (χ4n) is 2.37. The monoisotopic (exact) mass is 313 g/mol. The number of nitrogen functional groups attached to an aromatic ring is 1. The van der Waals surface area contributed by atoms with Crippen LogP contribution in [0, 0.1) is 19.7 Å². The zero-order chi connectivity index (χ0) is 16.7. The van der Waals surface area contributed by atoms with E-state index in [1.165, 1.54) is 12.1 Å². The molecule has 0 fully saturated rings. The lowest BCUT2D eigenvalue weighted by Gasteiger charge is -2.32. The second kappa shape index (κ2) is 5.28. The lowest BCUT2D eigenvalue weighted by atomic mass is 9.84. The Kier molecular flexibility index (Phi) is 3.91. The Morgan fingerprint density at radius 2 is 1.36 bits per heavy atom. The number of nitrogens with two attached hydrogens (primary N) is 1. The highest BCUT2D eigenvalue weighted by molar-refractivity contribution is 5.56. The molecule has 0 aliphatic carbocycles. The van der Waals surface area contributed by atoms with Gasteiger partial charge in [-0.25, -0.2) is 4.39 Å². The molecule has 2 aromatic rings. The number of aryl methyl sites for hydroxylation is 2. The zero-order valence-electron chi connectivity index (χ0n) is 12.0. The molecule has 0 aliphatic heterocycles. The summed E-state index contributed by atoms with van der Waals surface area (Å²) >= 11 is 0. The highest BCUT2D eigenvalue weighted by atomic mass is 19.4. The lowest BCUT2D eigenvalue weighted by Crippen LogP contribution is -2.43. The molecule has 1 atom stereocenters. The van der Waals surface area contributed by atoms with Gasteiger partial charge in [0.1, 0.15) is 5.82 Å². The molecule has 2 aromatic carbocycles. The van der Waals surface area contributed by atoms with Gasteiger partial charge in [0, 0.05) is 5.69 Å². The Morgan fingerprint density at radius 3 is 1.77 bits per heavy atom. The molecular formula is C16H15F4NO. The Hall–Kier alpha value is -2.08. The van der Waals surface area contributed by atoms with Gasteiger partial charge in [0.25, 0.3) is 0 Å². The molecule has 22 heavy (non-hydrogen) atoms. The summed E-state index contributed by atoms with van der Waals surface area (Å²) in [4.78, 5) is 0. The maximum Gasteiger partial charge on any atom is 0.425 e. The van der Waals surface area contributed by atoms with E-state index in [0.29, 0.717) is 16.8 Å². The molecule has 0 saturated heterocycles. The van der Waals surface area contributed by atoms with E-state index < -0.39 is 23.2 Å². The molecule has 118 valence electrons. The molecule has 6 heteroatoms. The molecule has 0 bridgehead atoms. The van der Waals surface area contributed by atoms with Crippen molar-refractivity contribution >= 4 is 5.69 Å². The molecule has 2 rings (SSSR count). The fourth-order valence-corrected chi connectivity index (χ4v) is 2.37. The van der Waals surface area contributed by atoms with Crippen LogP contribution in [0.3, 0.4) is 0 Å². The summed E-state index contributed by atoms with van der Waals surface area (Å²) in [6.45, 7) is 3.13. The number of alkyl halides is 3. The summed E-state index contributed by atoms with van der Waals surface area (Å²) in [6.07, 6.45) is -4.97. The molecule has 2 nitrogen and oxygen atoms in total. The minimum atomic E-state index is -4.97. The van der Waals surface area contributed by atoms with Crippen molar-refractivity contribution in [2.24, 2.45) is 0 Å². The minimum absolute atomic E-state index is 0.351. The van der Waals surface area contributed by atoms with E-state index in [1.807, 2.05) is 0 Å². The molecule has 3 N–H and O–H groups in total. The molecule has 0 aromatic heterocycles. The average Bonchev–Trinajstić information content (AvgIpc) is 2.43. The predicted octanol–water partition coefficient (Wildman–Crippen LogP) is 3.82. The maximum absolute atomic E-state index is 13.6. The van der Waals surface area contributed by atoms with Gasteiger partial charge in [-0.3, -0.25) is 0 Å². The normalized spacial score (nSPS) is 14.7. The topological polar surface area (TPSA) is 46.2 Å².